The van der Waals surface area contributed by atoms with E-state index in [0.29, 0.717) is 18.7 Å². The summed E-state index contributed by atoms with van der Waals surface area (Å²) in [5, 5.41) is 0. The van der Waals surface area contributed by atoms with Crippen LogP contribution in [0.15, 0.2) is 48.5 Å². The van der Waals surface area contributed by atoms with Crippen molar-refractivity contribution >= 4 is 17.5 Å². The van der Waals surface area contributed by atoms with E-state index in [1.807, 2.05) is 50.2 Å². The van der Waals surface area contributed by atoms with Crippen molar-refractivity contribution in [3.63, 3.8) is 0 Å². The summed E-state index contributed by atoms with van der Waals surface area (Å²) >= 11 is 0. The van der Waals surface area contributed by atoms with E-state index in [1.165, 1.54) is 0 Å². The highest BCUT2D eigenvalue weighted by atomic mass is 16.5. The predicted octanol–water partition coefficient (Wildman–Crippen LogP) is 4.47. The number of benzene rings is 2. The second kappa shape index (κ2) is 11.9. The Bertz CT molecular complexity index is 980. The van der Waals surface area contributed by atoms with Gasteiger partial charge in [0.05, 0.1) is 12.6 Å². The number of aryl methyl sites for hydroxylation is 1. The molecule has 182 valence electrons. The average molecular weight is 465 g/mol. The van der Waals surface area contributed by atoms with Gasteiger partial charge in [-0.1, -0.05) is 62.7 Å². The fraction of sp³-hybridized carbons (Fsp3) is 0.464. The number of likely N-dealkylation sites (tertiary alicyclic amines) is 1. The van der Waals surface area contributed by atoms with Crippen LogP contribution in [0.2, 0.25) is 0 Å². The molecular weight excluding hydrogens is 428 g/mol. The Morgan fingerprint density at radius 2 is 1.62 bits per heavy atom. The van der Waals surface area contributed by atoms with Crippen LogP contribution in [-0.2, 0) is 9.59 Å². The van der Waals surface area contributed by atoms with Gasteiger partial charge in [-0.2, -0.15) is 0 Å². The maximum atomic E-state index is 13.5. The number of carbonyl (C=O) groups excluding carboxylic acids is 3. The first kappa shape index (κ1) is 25.6. The topological polar surface area (TPSA) is 66.9 Å². The monoisotopic (exact) mass is 464 g/mol. The molecule has 0 spiro atoms. The van der Waals surface area contributed by atoms with E-state index in [-0.39, 0.29) is 5.78 Å². The van der Waals surface area contributed by atoms with E-state index >= 15 is 0 Å². The quantitative estimate of drug-likeness (QED) is 0.263. The van der Waals surface area contributed by atoms with Crippen LogP contribution in [0, 0.1) is 12.8 Å². The zero-order valence-corrected chi connectivity index (χ0v) is 20.8. The van der Waals surface area contributed by atoms with Crippen LogP contribution >= 0.6 is 0 Å². The Hall–Kier alpha value is -2.99. The number of amides is 1. The molecule has 0 bridgehead atoms. The minimum absolute atomic E-state index is 0.305. The summed E-state index contributed by atoms with van der Waals surface area (Å²) in [6.45, 7) is 11.9. The molecular formula is C28H36N2O4. The molecule has 2 unspecified atom stereocenters. The van der Waals surface area contributed by atoms with Crippen molar-refractivity contribution in [3.05, 3.63) is 65.2 Å². The minimum atomic E-state index is -1.05. The number of nitrogens with zero attached hydrogens (tertiary/aromatic N) is 2. The number of ketones is 2. The number of carbonyl (C=O) groups is 3. The highest BCUT2D eigenvalue weighted by Gasteiger charge is 2.51. The number of rotatable bonds is 12. The third-order valence-corrected chi connectivity index (χ3v) is 6.49. The molecule has 0 N–H and O–H groups in total. The van der Waals surface area contributed by atoms with Crippen LogP contribution in [0.4, 0.5) is 0 Å². The van der Waals surface area contributed by atoms with Gasteiger partial charge in [0, 0.05) is 12.1 Å². The molecule has 1 aliphatic heterocycles. The normalized spacial score (nSPS) is 18.1. The largest absolute Gasteiger partial charge is 0.494 e. The van der Waals surface area contributed by atoms with Gasteiger partial charge in [0.25, 0.3) is 5.91 Å². The predicted molar refractivity (Wildman–Crippen MR) is 133 cm³/mol. The number of hydrogen-bond acceptors (Lipinski definition) is 5. The van der Waals surface area contributed by atoms with Crippen LogP contribution in [0.25, 0.3) is 0 Å². The Labute approximate surface area is 202 Å². The summed E-state index contributed by atoms with van der Waals surface area (Å²) < 4.78 is 5.69. The van der Waals surface area contributed by atoms with Crippen molar-refractivity contribution in [2.24, 2.45) is 5.92 Å². The van der Waals surface area contributed by atoms with Crippen LogP contribution in [0.1, 0.15) is 61.1 Å². The van der Waals surface area contributed by atoms with E-state index < -0.39 is 23.7 Å². The van der Waals surface area contributed by atoms with Gasteiger partial charge < -0.3 is 14.5 Å². The number of Topliss-reactive ketones (excluding diaryl/α,β-unsaturated/α-hetero) is 2. The van der Waals surface area contributed by atoms with Crippen molar-refractivity contribution in [1.82, 2.24) is 9.80 Å². The summed E-state index contributed by atoms with van der Waals surface area (Å²) in [6.07, 6.45) is 1.64. The van der Waals surface area contributed by atoms with Gasteiger partial charge in [-0.3, -0.25) is 14.4 Å². The first-order valence-electron chi connectivity index (χ1n) is 12.3. The van der Waals surface area contributed by atoms with Crippen molar-refractivity contribution in [1.29, 1.82) is 0 Å². The lowest BCUT2D eigenvalue weighted by Gasteiger charge is -2.28. The molecule has 2 aromatic carbocycles. The fourth-order valence-corrected chi connectivity index (χ4v) is 4.48. The summed E-state index contributed by atoms with van der Waals surface area (Å²) in [5.74, 6) is -1.81. The molecule has 2 aromatic rings. The zero-order chi connectivity index (χ0) is 24.7. The Morgan fingerprint density at radius 3 is 2.21 bits per heavy atom. The second-order valence-electron chi connectivity index (χ2n) is 8.81. The van der Waals surface area contributed by atoms with Crippen molar-refractivity contribution in [3.8, 4) is 5.75 Å². The van der Waals surface area contributed by atoms with Gasteiger partial charge in [0.15, 0.2) is 5.78 Å². The van der Waals surface area contributed by atoms with E-state index in [1.54, 1.807) is 17.0 Å². The van der Waals surface area contributed by atoms with Crippen molar-refractivity contribution in [2.45, 2.75) is 46.6 Å². The van der Waals surface area contributed by atoms with Gasteiger partial charge in [0.2, 0.25) is 5.78 Å². The molecule has 6 heteroatoms. The molecule has 0 saturated carbocycles. The smallest absolute Gasteiger partial charge is 0.291 e. The maximum absolute atomic E-state index is 13.5. The number of hydrogen-bond donors (Lipinski definition) is 0. The summed E-state index contributed by atoms with van der Waals surface area (Å²) in [5.41, 5.74) is 2.26. The van der Waals surface area contributed by atoms with Crippen LogP contribution in [-0.4, -0.2) is 60.1 Å². The molecule has 1 heterocycles. The van der Waals surface area contributed by atoms with Crippen molar-refractivity contribution in [2.75, 3.05) is 32.8 Å². The maximum Gasteiger partial charge on any atom is 0.291 e. The van der Waals surface area contributed by atoms with Gasteiger partial charge in [0.1, 0.15) is 11.7 Å². The Morgan fingerprint density at radius 1 is 0.971 bits per heavy atom. The second-order valence-corrected chi connectivity index (χ2v) is 8.81. The molecule has 3 rings (SSSR count). The van der Waals surface area contributed by atoms with E-state index in [2.05, 4.69) is 18.7 Å². The molecule has 2 atom stereocenters. The lowest BCUT2D eigenvalue weighted by molar-refractivity contribution is -0.140. The zero-order valence-electron chi connectivity index (χ0n) is 20.8. The third-order valence-electron chi connectivity index (χ3n) is 6.49. The molecule has 0 aliphatic carbocycles. The molecule has 1 aliphatic rings. The first-order chi connectivity index (χ1) is 16.4. The van der Waals surface area contributed by atoms with Gasteiger partial charge in [-0.05, 0) is 57.1 Å². The molecule has 1 saturated heterocycles. The third kappa shape index (κ3) is 5.73. The highest BCUT2D eigenvalue weighted by Crippen LogP contribution is 2.38. The Kier molecular flexibility index (Phi) is 8.99. The SMILES string of the molecule is CCCOc1ccc(C2C(C(=O)c3ccc(C)cc3)C(=O)C(=O)N2CCCN(CC)CC)cc1. The average Bonchev–Trinajstić information content (AvgIpc) is 3.10. The summed E-state index contributed by atoms with van der Waals surface area (Å²) in [7, 11) is 0. The van der Waals surface area contributed by atoms with Crippen LogP contribution in [0.3, 0.4) is 0 Å². The van der Waals surface area contributed by atoms with E-state index in [9.17, 15) is 14.4 Å². The number of ether oxygens (including phenoxy) is 1. The van der Waals surface area contributed by atoms with E-state index in [4.69, 9.17) is 4.74 Å². The molecule has 34 heavy (non-hydrogen) atoms. The summed E-state index contributed by atoms with van der Waals surface area (Å²) in [4.78, 5) is 43.6. The first-order valence-corrected chi connectivity index (χ1v) is 12.3. The molecule has 0 aromatic heterocycles. The molecule has 6 nitrogen and oxygen atoms in total. The van der Waals surface area contributed by atoms with Gasteiger partial charge >= 0.3 is 0 Å². The standard InChI is InChI=1S/C28H36N2O4/c1-5-19-34-23-15-13-21(14-16-23)25-24(26(31)22-11-9-20(4)10-12-22)27(32)28(33)30(25)18-8-17-29(6-2)7-3/h9-16,24-25H,5-8,17-19H2,1-4H3. The van der Waals surface area contributed by atoms with Gasteiger partial charge in [-0.15, -0.1) is 0 Å². The molecule has 1 amide bonds. The lowest BCUT2D eigenvalue weighted by Crippen LogP contribution is -2.34. The molecule has 0 radical (unpaired) electrons. The van der Waals surface area contributed by atoms with E-state index in [0.717, 1.165) is 49.4 Å². The summed E-state index contributed by atoms with van der Waals surface area (Å²) in [6, 6.07) is 14.0. The van der Waals surface area contributed by atoms with Gasteiger partial charge in [-0.25, -0.2) is 0 Å². The Balaban J connectivity index is 1.92. The minimum Gasteiger partial charge on any atom is -0.494 e. The lowest BCUT2D eigenvalue weighted by atomic mass is 9.86. The molecule has 1 fully saturated rings. The van der Waals surface area contributed by atoms with Crippen LogP contribution < -0.4 is 4.74 Å². The van der Waals surface area contributed by atoms with Crippen LogP contribution in [0.5, 0.6) is 5.75 Å². The highest BCUT2D eigenvalue weighted by molar-refractivity contribution is 6.44. The fourth-order valence-electron chi connectivity index (χ4n) is 4.48. The van der Waals surface area contributed by atoms with Crippen molar-refractivity contribution < 1.29 is 19.1 Å².